The minimum atomic E-state index is 0.709. The second-order valence-corrected chi connectivity index (χ2v) is 11.9. The molecule has 0 saturated carbocycles. The summed E-state index contributed by atoms with van der Waals surface area (Å²) in [6.45, 7) is 7.29. The van der Waals surface area contributed by atoms with Gasteiger partial charge in [-0.3, -0.25) is 4.57 Å². The van der Waals surface area contributed by atoms with Crippen LogP contribution in [0.2, 0.25) is 0 Å². The van der Waals surface area contributed by atoms with Gasteiger partial charge in [-0.05, 0) is 91.6 Å². The number of aromatic nitrogens is 3. The van der Waals surface area contributed by atoms with Crippen LogP contribution in [0.15, 0.2) is 116 Å². The predicted octanol–water partition coefficient (Wildman–Crippen LogP) is 9.50. The van der Waals surface area contributed by atoms with Crippen LogP contribution >= 0.6 is 0 Å². The average molecular weight is 588 g/mol. The van der Waals surface area contributed by atoms with Crippen LogP contribution in [0, 0.1) is 20.8 Å². The molecule has 0 saturated heterocycles. The fraction of sp³-hybridized carbons (Fsp3) is 0.128. The Hall–Kier alpha value is -5.62. The highest BCUT2D eigenvalue weighted by Crippen LogP contribution is 2.43. The molecule has 0 atom stereocenters. The number of para-hydroxylation sites is 3. The van der Waals surface area contributed by atoms with Gasteiger partial charge < -0.3 is 14.5 Å². The van der Waals surface area contributed by atoms with Crippen molar-refractivity contribution in [2.75, 3.05) is 23.5 Å². The lowest BCUT2D eigenvalue weighted by atomic mass is 9.93. The topological polar surface area (TPSA) is 46.4 Å². The lowest BCUT2D eigenvalue weighted by molar-refractivity contribution is 0.482. The first-order valence-corrected chi connectivity index (χ1v) is 15.2. The van der Waals surface area contributed by atoms with Crippen LogP contribution in [0.25, 0.3) is 38.9 Å². The van der Waals surface area contributed by atoms with E-state index in [0.29, 0.717) is 5.75 Å². The van der Waals surface area contributed by atoms with E-state index in [-0.39, 0.29) is 0 Å². The molecule has 3 aromatic heterocycles. The van der Waals surface area contributed by atoms with E-state index in [0.717, 1.165) is 51.4 Å². The van der Waals surface area contributed by atoms with Gasteiger partial charge in [0.2, 0.25) is 0 Å². The molecular formula is C39H33N5O. The fourth-order valence-electron chi connectivity index (χ4n) is 6.93. The Morgan fingerprint density at radius 3 is 2.27 bits per heavy atom. The SMILES string of the molecule is Cc1cc(C)c(-c2cc(Oc3ccnc(-n4c5ccccc5c5cccnc54)c3)cc(N3CN(C)c4ccccc43)c2)c(C)c1. The standard InChI is InChI=1S/C39H33N5O/c1-25-18-26(2)38(27(3)19-25)28-20-29(43-24-42(4)35-13-7-8-14-36(35)43)22-31(21-28)45-30-15-17-40-37(23-30)44-34-12-6-5-10-32(34)33-11-9-16-41-39(33)44/h5-23H,24H2,1-4H3. The van der Waals surface area contributed by atoms with Gasteiger partial charge in [0.05, 0.1) is 23.6 Å². The summed E-state index contributed by atoms with van der Waals surface area (Å²) in [5, 5.41) is 2.24. The number of nitrogens with zero attached hydrogens (tertiary/aromatic N) is 5. The third-order valence-corrected chi connectivity index (χ3v) is 8.72. The lowest BCUT2D eigenvalue weighted by Gasteiger charge is -2.22. The van der Waals surface area contributed by atoms with Crippen molar-refractivity contribution in [1.82, 2.24) is 14.5 Å². The zero-order chi connectivity index (χ0) is 30.7. The molecule has 45 heavy (non-hydrogen) atoms. The van der Waals surface area contributed by atoms with Crippen molar-refractivity contribution in [3.8, 4) is 28.4 Å². The van der Waals surface area contributed by atoms with E-state index in [9.17, 15) is 0 Å². The molecular weight excluding hydrogens is 554 g/mol. The third kappa shape index (κ3) is 4.57. The molecule has 0 amide bonds. The van der Waals surface area contributed by atoms with Crippen LogP contribution in [-0.2, 0) is 0 Å². The number of hydrogen-bond acceptors (Lipinski definition) is 5. The molecule has 0 aliphatic carbocycles. The van der Waals surface area contributed by atoms with Crippen molar-refractivity contribution < 1.29 is 4.74 Å². The lowest BCUT2D eigenvalue weighted by Crippen LogP contribution is -2.24. The molecule has 4 aromatic carbocycles. The maximum absolute atomic E-state index is 6.71. The number of rotatable bonds is 5. The first-order chi connectivity index (χ1) is 21.9. The van der Waals surface area contributed by atoms with E-state index in [2.05, 4.69) is 121 Å². The monoisotopic (exact) mass is 587 g/mol. The molecule has 0 N–H and O–H groups in total. The number of pyridine rings is 2. The van der Waals surface area contributed by atoms with E-state index in [1.54, 1.807) is 6.20 Å². The highest BCUT2D eigenvalue weighted by atomic mass is 16.5. The molecule has 0 spiro atoms. The highest BCUT2D eigenvalue weighted by molar-refractivity contribution is 6.07. The van der Waals surface area contributed by atoms with E-state index in [1.807, 2.05) is 30.5 Å². The van der Waals surface area contributed by atoms with E-state index in [4.69, 9.17) is 14.7 Å². The first-order valence-electron chi connectivity index (χ1n) is 15.2. The van der Waals surface area contributed by atoms with Crippen LogP contribution in [0.4, 0.5) is 17.1 Å². The number of ether oxygens (including phenoxy) is 1. The summed E-state index contributed by atoms with van der Waals surface area (Å²) in [6, 6.07) is 36.0. The second kappa shape index (κ2) is 10.5. The predicted molar refractivity (Wildman–Crippen MR) is 184 cm³/mol. The average Bonchev–Trinajstić information content (AvgIpc) is 3.56. The van der Waals surface area contributed by atoms with Crippen LogP contribution in [0.5, 0.6) is 11.5 Å². The number of anilines is 3. The number of benzene rings is 4. The van der Waals surface area contributed by atoms with Gasteiger partial charge in [-0.2, -0.15) is 0 Å². The summed E-state index contributed by atoms with van der Waals surface area (Å²) in [4.78, 5) is 14.1. The molecule has 4 heterocycles. The largest absolute Gasteiger partial charge is 0.457 e. The molecule has 7 aromatic rings. The van der Waals surface area contributed by atoms with E-state index >= 15 is 0 Å². The van der Waals surface area contributed by atoms with Crippen LogP contribution in [-0.4, -0.2) is 28.3 Å². The molecule has 6 nitrogen and oxygen atoms in total. The number of fused-ring (bicyclic) bond motifs is 4. The molecule has 0 unspecified atom stereocenters. The molecule has 8 rings (SSSR count). The van der Waals surface area contributed by atoms with Crippen LogP contribution < -0.4 is 14.5 Å². The number of aryl methyl sites for hydroxylation is 3. The van der Waals surface area contributed by atoms with Gasteiger partial charge in [-0.15, -0.1) is 0 Å². The van der Waals surface area contributed by atoms with Gasteiger partial charge in [0, 0.05) is 48.0 Å². The maximum Gasteiger partial charge on any atom is 0.146 e. The molecule has 0 radical (unpaired) electrons. The maximum atomic E-state index is 6.71. The molecule has 0 bridgehead atoms. The normalized spacial score (nSPS) is 12.7. The summed E-state index contributed by atoms with van der Waals surface area (Å²) in [5.74, 6) is 2.24. The van der Waals surface area contributed by atoms with Crippen molar-refractivity contribution in [3.05, 3.63) is 132 Å². The van der Waals surface area contributed by atoms with Gasteiger partial charge in [0.1, 0.15) is 23.0 Å². The zero-order valence-electron chi connectivity index (χ0n) is 25.8. The van der Waals surface area contributed by atoms with Crippen LogP contribution in [0.1, 0.15) is 16.7 Å². The van der Waals surface area contributed by atoms with Crippen molar-refractivity contribution >= 4 is 39.0 Å². The summed E-state index contributed by atoms with van der Waals surface area (Å²) in [5.41, 5.74) is 11.5. The molecule has 1 aliphatic heterocycles. The Bertz CT molecular complexity index is 2170. The van der Waals surface area contributed by atoms with Crippen molar-refractivity contribution in [2.24, 2.45) is 0 Å². The van der Waals surface area contributed by atoms with E-state index < -0.39 is 0 Å². The Morgan fingerprint density at radius 2 is 1.42 bits per heavy atom. The first kappa shape index (κ1) is 27.0. The Kier molecular flexibility index (Phi) is 6.31. The van der Waals surface area contributed by atoms with E-state index in [1.165, 1.54) is 33.6 Å². The second-order valence-electron chi connectivity index (χ2n) is 11.9. The van der Waals surface area contributed by atoms with Crippen molar-refractivity contribution in [3.63, 3.8) is 0 Å². The molecule has 220 valence electrons. The number of hydrogen-bond donors (Lipinski definition) is 0. The fourth-order valence-corrected chi connectivity index (χ4v) is 6.93. The van der Waals surface area contributed by atoms with Crippen molar-refractivity contribution in [1.29, 1.82) is 0 Å². The van der Waals surface area contributed by atoms with Gasteiger partial charge >= 0.3 is 0 Å². The minimum absolute atomic E-state index is 0.709. The summed E-state index contributed by atoms with van der Waals surface area (Å²) < 4.78 is 8.81. The van der Waals surface area contributed by atoms with Crippen LogP contribution in [0.3, 0.4) is 0 Å². The highest BCUT2D eigenvalue weighted by Gasteiger charge is 2.25. The Labute approximate surface area is 262 Å². The smallest absolute Gasteiger partial charge is 0.146 e. The summed E-state index contributed by atoms with van der Waals surface area (Å²) in [6.07, 6.45) is 3.63. The van der Waals surface area contributed by atoms with Gasteiger partial charge in [-0.1, -0.05) is 48.0 Å². The van der Waals surface area contributed by atoms with Crippen molar-refractivity contribution in [2.45, 2.75) is 20.8 Å². The van der Waals surface area contributed by atoms with Gasteiger partial charge in [-0.25, -0.2) is 9.97 Å². The zero-order valence-corrected chi connectivity index (χ0v) is 25.8. The Morgan fingerprint density at radius 1 is 0.667 bits per heavy atom. The summed E-state index contributed by atoms with van der Waals surface area (Å²) >= 11 is 0. The minimum Gasteiger partial charge on any atom is -0.457 e. The molecule has 0 fully saturated rings. The summed E-state index contributed by atoms with van der Waals surface area (Å²) in [7, 11) is 2.14. The molecule has 1 aliphatic rings. The molecule has 6 heteroatoms. The Balaban J connectivity index is 1.25. The van der Waals surface area contributed by atoms with Gasteiger partial charge in [0.25, 0.3) is 0 Å². The van der Waals surface area contributed by atoms with Gasteiger partial charge in [0.15, 0.2) is 0 Å². The third-order valence-electron chi connectivity index (χ3n) is 8.72. The quantitative estimate of drug-likeness (QED) is 0.201.